The van der Waals surface area contributed by atoms with Gasteiger partial charge in [-0.2, -0.15) is 0 Å². The van der Waals surface area contributed by atoms with Crippen molar-refractivity contribution in [2.75, 3.05) is 20.3 Å². The second-order valence-electron chi connectivity index (χ2n) is 5.13. The molecule has 134 valence electrons. The Labute approximate surface area is 156 Å². The Hall–Kier alpha value is -2.11. The van der Waals surface area contributed by atoms with Crippen molar-refractivity contribution >= 4 is 29.1 Å². The summed E-state index contributed by atoms with van der Waals surface area (Å²) in [5.41, 5.74) is 0. The van der Waals surface area contributed by atoms with Gasteiger partial charge in [-0.15, -0.1) is 0 Å². The molecule has 5 nitrogen and oxygen atoms in total. The van der Waals surface area contributed by atoms with E-state index in [-0.39, 0.29) is 5.91 Å². The van der Waals surface area contributed by atoms with E-state index in [1.165, 1.54) is 0 Å². The van der Waals surface area contributed by atoms with Gasteiger partial charge >= 0.3 is 0 Å². The van der Waals surface area contributed by atoms with Crippen molar-refractivity contribution in [3.63, 3.8) is 0 Å². The third-order valence-corrected chi connectivity index (χ3v) is 3.83. The van der Waals surface area contributed by atoms with Crippen LogP contribution in [-0.4, -0.2) is 32.3 Å². The molecule has 0 bridgehead atoms. The standard InChI is InChI=1S/C18H19Cl2NO4/c1-12(25-15-8-7-13(19)11-14(15)20)18(22)21-9-10-24-17-6-4-3-5-16(17)23-2/h3-8,11-12H,9-10H2,1-2H3,(H,21,22)/t12-/m0/s1. The van der Waals surface area contributed by atoms with E-state index in [4.69, 9.17) is 37.4 Å². The second-order valence-corrected chi connectivity index (χ2v) is 5.97. The summed E-state index contributed by atoms with van der Waals surface area (Å²) in [5, 5.41) is 3.60. The van der Waals surface area contributed by atoms with Crippen LogP contribution in [-0.2, 0) is 4.79 Å². The van der Waals surface area contributed by atoms with Gasteiger partial charge in [-0.05, 0) is 37.3 Å². The molecule has 0 radical (unpaired) electrons. The van der Waals surface area contributed by atoms with Crippen molar-refractivity contribution in [1.82, 2.24) is 5.32 Å². The molecule has 0 spiro atoms. The maximum Gasteiger partial charge on any atom is 0.260 e. The average Bonchev–Trinajstić information content (AvgIpc) is 2.61. The molecule has 0 fully saturated rings. The van der Waals surface area contributed by atoms with Gasteiger partial charge < -0.3 is 19.5 Å². The lowest BCUT2D eigenvalue weighted by molar-refractivity contribution is -0.127. The molecule has 2 rings (SSSR count). The zero-order chi connectivity index (χ0) is 18.2. The smallest absolute Gasteiger partial charge is 0.260 e. The normalized spacial score (nSPS) is 11.5. The summed E-state index contributed by atoms with van der Waals surface area (Å²) in [7, 11) is 1.57. The number of rotatable bonds is 8. The topological polar surface area (TPSA) is 56.8 Å². The lowest BCUT2D eigenvalue weighted by atomic mass is 10.3. The van der Waals surface area contributed by atoms with Crippen LogP contribution in [0.15, 0.2) is 42.5 Å². The predicted octanol–water partition coefficient (Wildman–Crippen LogP) is 3.96. The van der Waals surface area contributed by atoms with Crippen LogP contribution in [0.4, 0.5) is 0 Å². The van der Waals surface area contributed by atoms with Crippen LogP contribution in [0.3, 0.4) is 0 Å². The van der Waals surface area contributed by atoms with Gasteiger partial charge in [0, 0.05) is 5.02 Å². The maximum atomic E-state index is 12.1. The van der Waals surface area contributed by atoms with Crippen LogP contribution in [0.1, 0.15) is 6.92 Å². The fourth-order valence-corrected chi connectivity index (χ4v) is 2.48. The summed E-state index contributed by atoms with van der Waals surface area (Å²) in [6.45, 7) is 2.28. The molecule has 0 aliphatic rings. The number of para-hydroxylation sites is 2. The van der Waals surface area contributed by atoms with E-state index in [0.29, 0.717) is 40.4 Å². The maximum absolute atomic E-state index is 12.1. The molecule has 0 unspecified atom stereocenters. The number of methoxy groups -OCH3 is 1. The van der Waals surface area contributed by atoms with E-state index in [1.54, 1.807) is 44.4 Å². The Kier molecular flexibility index (Phi) is 7.22. The summed E-state index contributed by atoms with van der Waals surface area (Å²) < 4.78 is 16.3. The first-order valence-electron chi connectivity index (χ1n) is 7.66. The number of hydrogen-bond acceptors (Lipinski definition) is 4. The summed E-state index contributed by atoms with van der Waals surface area (Å²) in [6, 6.07) is 12.1. The molecule has 1 N–H and O–H groups in total. The first-order chi connectivity index (χ1) is 12.0. The number of halogens is 2. The van der Waals surface area contributed by atoms with E-state index < -0.39 is 6.10 Å². The summed E-state index contributed by atoms with van der Waals surface area (Å²) in [6.07, 6.45) is -0.704. The van der Waals surface area contributed by atoms with Crippen LogP contribution in [0, 0.1) is 0 Å². The molecule has 7 heteroatoms. The molecule has 2 aromatic carbocycles. The third kappa shape index (κ3) is 5.73. The molecule has 0 heterocycles. The monoisotopic (exact) mass is 383 g/mol. The van der Waals surface area contributed by atoms with Gasteiger partial charge in [0.1, 0.15) is 12.4 Å². The Morgan fingerprint density at radius 1 is 1.12 bits per heavy atom. The van der Waals surface area contributed by atoms with E-state index >= 15 is 0 Å². The van der Waals surface area contributed by atoms with Gasteiger partial charge in [-0.25, -0.2) is 0 Å². The number of hydrogen-bond donors (Lipinski definition) is 1. The van der Waals surface area contributed by atoms with Gasteiger partial charge in [0.05, 0.1) is 18.7 Å². The SMILES string of the molecule is COc1ccccc1OCCNC(=O)[C@H](C)Oc1ccc(Cl)cc1Cl. The largest absolute Gasteiger partial charge is 0.493 e. The van der Waals surface area contributed by atoms with Crippen molar-refractivity contribution in [2.24, 2.45) is 0 Å². The Bertz CT molecular complexity index is 724. The Balaban J connectivity index is 1.77. The minimum absolute atomic E-state index is 0.269. The van der Waals surface area contributed by atoms with E-state index in [2.05, 4.69) is 5.32 Å². The second kappa shape index (κ2) is 9.39. The zero-order valence-electron chi connectivity index (χ0n) is 13.9. The molecule has 0 saturated heterocycles. The molecular formula is C18H19Cl2NO4. The fraction of sp³-hybridized carbons (Fsp3) is 0.278. The zero-order valence-corrected chi connectivity index (χ0v) is 15.4. The molecule has 25 heavy (non-hydrogen) atoms. The summed E-state index contributed by atoms with van der Waals surface area (Å²) in [5.74, 6) is 1.40. The quantitative estimate of drug-likeness (QED) is 0.700. The van der Waals surface area contributed by atoms with Crippen molar-refractivity contribution in [3.05, 3.63) is 52.5 Å². The van der Waals surface area contributed by atoms with Crippen molar-refractivity contribution < 1.29 is 19.0 Å². The van der Waals surface area contributed by atoms with Crippen molar-refractivity contribution in [1.29, 1.82) is 0 Å². The molecular weight excluding hydrogens is 365 g/mol. The number of carbonyl (C=O) groups is 1. The van der Waals surface area contributed by atoms with Crippen molar-refractivity contribution in [2.45, 2.75) is 13.0 Å². The first-order valence-corrected chi connectivity index (χ1v) is 8.42. The van der Waals surface area contributed by atoms with Crippen LogP contribution in [0.25, 0.3) is 0 Å². The van der Waals surface area contributed by atoms with Gasteiger partial charge in [0.15, 0.2) is 17.6 Å². The highest BCUT2D eigenvalue weighted by molar-refractivity contribution is 6.35. The average molecular weight is 384 g/mol. The van der Waals surface area contributed by atoms with Gasteiger partial charge in [0.2, 0.25) is 0 Å². The molecule has 1 atom stereocenters. The minimum atomic E-state index is -0.704. The van der Waals surface area contributed by atoms with Crippen molar-refractivity contribution in [3.8, 4) is 17.2 Å². The van der Waals surface area contributed by atoms with Crippen LogP contribution >= 0.6 is 23.2 Å². The Morgan fingerprint density at radius 2 is 1.84 bits per heavy atom. The number of nitrogens with one attached hydrogen (secondary N) is 1. The lowest BCUT2D eigenvalue weighted by Crippen LogP contribution is -2.38. The molecule has 0 aliphatic carbocycles. The van der Waals surface area contributed by atoms with E-state index in [0.717, 1.165) is 0 Å². The third-order valence-electron chi connectivity index (χ3n) is 3.29. The minimum Gasteiger partial charge on any atom is -0.493 e. The first kappa shape index (κ1) is 19.2. The van der Waals surface area contributed by atoms with Gasteiger partial charge in [-0.1, -0.05) is 35.3 Å². The van der Waals surface area contributed by atoms with Crippen LogP contribution < -0.4 is 19.5 Å². The fourth-order valence-electron chi connectivity index (χ4n) is 2.03. The molecule has 0 aromatic heterocycles. The van der Waals surface area contributed by atoms with E-state index in [1.807, 2.05) is 12.1 Å². The summed E-state index contributed by atoms with van der Waals surface area (Å²) in [4.78, 5) is 12.1. The highest BCUT2D eigenvalue weighted by atomic mass is 35.5. The number of amides is 1. The number of ether oxygens (including phenoxy) is 3. The summed E-state index contributed by atoms with van der Waals surface area (Å²) >= 11 is 11.9. The van der Waals surface area contributed by atoms with Gasteiger partial charge in [0.25, 0.3) is 5.91 Å². The molecule has 2 aromatic rings. The highest BCUT2D eigenvalue weighted by Gasteiger charge is 2.16. The van der Waals surface area contributed by atoms with Crippen LogP contribution in [0.5, 0.6) is 17.2 Å². The highest BCUT2D eigenvalue weighted by Crippen LogP contribution is 2.28. The predicted molar refractivity (Wildman–Crippen MR) is 98.1 cm³/mol. The molecule has 0 saturated carbocycles. The van der Waals surface area contributed by atoms with Gasteiger partial charge in [-0.3, -0.25) is 4.79 Å². The Morgan fingerprint density at radius 3 is 2.52 bits per heavy atom. The molecule has 0 aliphatic heterocycles. The van der Waals surface area contributed by atoms with Crippen LogP contribution in [0.2, 0.25) is 10.0 Å². The lowest BCUT2D eigenvalue weighted by Gasteiger charge is -2.16. The number of benzene rings is 2. The molecule has 1 amide bonds. The number of carbonyl (C=O) groups excluding carboxylic acids is 1. The van der Waals surface area contributed by atoms with E-state index in [9.17, 15) is 4.79 Å².